The first kappa shape index (κ1) is 14.3. The van der Waals surface area contributed by atoms with Gasteiger partial charge in [-0.1, -0.05) is 0 Å². The van der Waals surface area contributed by atoms with E-state index in [-0.39, 0.29) is 12.5 Å². The van der Waals surface area contributed by atoms with Gasteiger partial charge in [0.05, 0.1) is 18.1 Å². The number of rotatable bonds is 3. The van der Waals surface area contributed by atoms with Crippen LogP contribution in [-0.4, -0.2) is 47.0 Å². The number of hydrogen-bond donors (Lipinski definition) is 0. The van der Waals surface area contributed by atoms with E-state index in [0.29, 0.717) is 16.4 Å². The fourth-order valence-electron chi connectivity index (χ4n) is 1.85. The zero-order valence-electron chi connectivity index (χ0n) is 11.4. The van der Waals surface area contributed by atoms with Gasteiger partial charge >= 0.3 is 5.97 Å². The van der Waals surface area contributed by atoms with Crippen molar-refractivity contribution in [3.63, 3.8) is 0 Å². The van der Waals surface area contributed by atoms with E-state index in [0.717, 1.165) is 5.52 Å². The third kappa shape index (κ3) is 2.60. The first-order valence-electron chi connectivity index (χ1n) is 5.88. The summed E-state index contributed by atoms with van der Waals surface area (Å²) in [6.45, 7) is -0.101. The lowest BCUT2D eigenvalue weighted by Crippen LogP contribution is -2.32. The zero-order chi connectivity index (χ0) is 14.9. The van der Waals surface area contributed by atoms with Crippen LogP contribution < -0.4 is 0 Å². The lowest BCUT2D eigenvalue weighted by molar-refractivity contribution is -0.141. The van der Waals surface area contributed by atoms with Crippen LogP contribution in [-0.2, 0) is 16.6 Å². The summed E-state index contributed by atoms with van der Waals surface area (Å²) in [5, 5.41) is 0.354. The summed E-state index contributed by atoms with van der Waals surface area (Å²) in [7, 11) is 4.61. The number of aromatic nitrogens is 2. The smallest absolute Gasteiger partial charge is 0.325 e. The molecule has 1 heterocycles. The Morgan fingerprint density at radius 1 is 1.45 bits per heavy atom. The van der Waals surface area contributed by atoms with Crippen molar-refractivity contribution >= 4 is 34.5 Å². The number of imidazole rings is 1. The molecule has 0 spiro atoms. The molecule has 2 aromatic rings. The molecule has 6 nitrogen and oxygen atoms in total. The van der Waals surface area contributed by atoms with Gasteiger partial charge in [0.25, 0.3) is 5.91 Å². The molecule has 0 saturated carbocycles. The highest BCUT2D eigenvalue weighted by Gasteiger charge is 2.16. The van der Waals surface area contributed by atoms with Crippen molar-refractivity contribution < 1.29 is 14.3 Å². The van der Waals surface area contributed by atoms with Gasteiger partial charge < -0.3 is 14.2 Å². The molecule has 2 rings (SSSR count). The minimum atomic E-state index is -0.470. The number of aryl methyl sites for hydroxylation is 1. The second kappa shape index (κ2) is 5.50. The molecule has 0 aliphatic carbocycles. The number of hydrogen-bond acceptors (Lipinski definition) is 4. The van der Waals surface area contributed by atoms with Gasteiger partial charge in [-0.2, -0.15) is 0 Å². The molecule has 1 aromatic carbocycles. The van der Waals surface area contributed by atoms with E-state index in [9.17, 15) is 9.59 Å². The van der Waals surface area contributed by atoms with Crippen molar-refractivity contribution in [3.05, 3.63) is 29.0 Å². The van der Waals surface area contributed by atoms with E-state index in [1.807, 2.05) is 0 Å². The average Bonchev–Trinajstić information content (AvgIpc) is 2.72. The molecule has 0 bridgehead atoms. The molecular formula is C13H14ClN3O3. The largest absolute Gasteiger partial charge is 0.468 e. The van der Waals surface area contributed by atoms with Crippen LogP contribution in [0, 0.1) is 0 Å². The van der Waals surface area contributed by atoms with Gasteiger partial charge in [0.15, 0.2) is 0 Å². The number of halogens is 1. The van der Waals surface area contributed by atoms with Crippen molar-refractivity contribution in [1.29, 1.82) is 0 Å². The normalized spacial score (nSPS) is 10.6. The first-order chi connectivity index (χ1) is 9.43. The minimum absolute atomic E-state index is 0.101. The number of esters is 1. The Labute approximate surface area is 120 Å². The molecular weight excluding hydrogens is 282 g/mol. The summed E-state index contributed by atoms with van der Waals surface area (Å²) in [5.41, 5.74) is 1.91. The van der Waals surface area contributed by atoms with Crippen molar-refractivity contribution in [1.82, 2.24) is 14.5 Å². The summed E-state index contributed by atoms with van der Waals surface area (Å²) < 4.78 is 6.26. The molecule has 20 heavy (non-hydrogen) atoms. The van der Waals surface area contributed by atoms with Crippen LogP contribution in [0.5, 0.6) is 0 Å². The highest BCUT2D eigenvalue weighted by Crippen LogP contribution is 2.20. The molecule has 0 aliphatic heterocycles. The molecule has 0 aliphatic rings. The lowest BCUT2D eigenvalue weighted by Gasteiger charge is -2.15. The van der Waals surface area contributed by atoms with Crippen molar-refractivity contribution in [3.8, 4) is 0 Å². The third-order valence-electron chi connectivity index (χ3n) is 3.01. The first-order valence-corrected chi connectivity index (χ1v) is 6.26. The van der Waals surface area contributed by atoms with Crippen LogP contribution in [0.15, 0.2) is 18.2 Å². The van der Waals surface area contributed by atoms with Gasteiger partial charge in [-0.25, -0.2) is 4.98 Å². The van der Waals surface area contributed by atoms with Gasteiger partial charge in [-0.05, 0) is 29.8 Å². The summed E-state index contributed by atoms with van der Waals surface area (Å²) in [6.07, 6.45) is 0. The highest BCUT2D eigenvalue weighted by molar-refractivity contribution is 6.29. The van der Waals surface area contributed by atoms with Gasteiger partial charge in [0, 0.05) is 19.7 Å². The Balaban J connectivity index is 2.28. The minimum Gasteiger partial charge on any atom is -0.468 e. The molecule has 1 aromatic heterocycles. The zero-order valence-corrected chi connectivity index (χ0v) is 12.1. The number of likely N-dealkylation sites (N-methyl/N-ethyl adjacent to an activating group) is 1. The van der Waals surface area contributed by atoms with Gasteiger partial charge in [-0.3, -0.25) is 9.59 Å². The summed E-state index contributed by atoms with van der Waals surface area (Å²) in [4.78, 5) is 28.8. The summed E-state index contributed by atoms with van der Waals surface area (Å²) in [6, 6.07) is 5.10. The van der Waals surface area contributed by atoms with Crippen LogP contribution in [0.4, 0.5) is 0 Å². The van der Waals surface area contributed by atoms with Crippen LogP contribution >= 0.6 is 11.6 Å². The van der Waals surface area contributed by atoms with E-state index in [4.69, 9.17) is 11.6 Å². The molecule has 0 N–H and O–H groups in total. The maximum absolute atomic E-state index is 12.2. The van der Waals surface area contributed by atoms with Crippen LogP contribution in [0.3, 0.4) is 0 Å². The van der Waals surface area contributed by atoms with Crippen molar-refractivity contribution in [2.24, 2.45) is 7.05 Å². The molecule has 7 heteroatoms. The van der Waals surface area contributed by atoms with E-state index in [1.54, 1.807) is 29.8 Å². The predicted octanol–water partition coefficient (Wildman–Crippen LogP) is 1.47. The lowest BCUT2D eigenvalue weighted by atomic mass is 10.2. The highest BCUT2D eigenvalue weighted by atomic mass is 35.5. The topological polar surface area (TPSA) is 64.4 Å². The average molecular weight is 296 g/mol. The number of methoxy groups -OCH3 is 1. The number of carbonyl (C=O) groups is 2. The number of amides is 1. The van der Waals surface area contributed by atoms with Gasteiger partial charge in [0.2, 0.25) is 5.28 Å². The predicted molar refractivity (Wildman–Crippen MR) is 74.7 cm³/mol. The van der Waals surface area contributed by atoms with Crippen LogP contribution in [0.2, 0.25) is 5.28 Å². The number of fused-ring (bicyclic) bond motifs is 1. The molecule has 0 atom stereocenters. The summed E-state index contributed by atoms with van der Waals surface area (Å²) in [5.74, 6) is -0.748. The number of carbonyl (C=O) groups excluding carboxylic acids is 2. The molecule has 106 valence electrons. The quantitative estimate of drug-likeness (QED) is 0.805. The van der Waals surface area contributed by atoms with Gasteiger partial charge in [-0.15, -0.1) is 0 Å². The Morgan fingerprint density at radius 3 is 2.80 bits per heavy atom. The van der Waals surface area contributed by atoms with E-state index >= 15 is 0 Å². The maximum atomic E-state index is 12.2. The van der Waals surface area contributed by atoms with E-state index in [1.165, 1.54) is 19.1 Å². The fraction of sp³-hybridized carbons (Fsp3) is 0.308. The molecule has 0 saturated heterocycles. The summed E-state index contributed by atoms with van der Waals surface area (Å²) >= 11 is 5.93. The fourth-order valence-corrected chi connectivity index (χ4v) is 2.04. The van der Waals surface area contributed by atoms with Crippen molar-refractivity contribution in [2.45, 2.75) is 0 Å². The molecule has 0 radical (unpaired) electrons. The van der Waals surface area contributed by atoms with Crippen LogP contribution in [0.25, 0.3) is 11.0 Å². The SMILES string of the molecule is COC(=O)CN(C)C(=O)c1ccc2c(c1)nc(Cl)n2C. The Morgan fingerprint density at radius 2 is 2.15 bits per heavy atom. The van der Waals surface area contributed by atoms with Gasteiger partial charge in [0.1, 0.15) is 6.54 Å². The number of ether oxygens (including phenoxy) is 1. The second-order valence-electron chi connectivity index (χ2n) is 4.38. The maximum Gasteiger partial charge on any atom is 0.325 e. The Bertz CT molecular complexity index is 681. The number of nitrogens with zero attached hydrogens (tertiary/aromatic N) is 3. The van der Waals surface area contributed by atoms with Crippen molar-refractivity contribution in [2.75, 3.05) is 20.7 Å². The Hall–Kier alpha value is -2.08. The standard InChI is InChI=1S/C13H14ClN3O3/c1-16(7-11(18)20-3)12(19)8-4-5-10-9(6-8)15-13(14)17(10)2/h4-6H,7H2,1-3H3. The molecule has 0 fully saturated rings. The number of benzene rings is 1. The van der Waals surface area contributed by atoms with E-state index < -0.39 is 5.97 Å². The monoisotopic (exact) mass is 295 g/mol. The van der Waals surface area contributed by atoms with E-state index in [2.05, 4.69) is 9.72 Å². The Kier molecular flexibility index (Phi) is 3.94. The second-order valence-corrected chi connectivity index (χ2v) is 4.72. The molecule has 1 amide bonds. The van der Waals surface area contributed by atoms with Crippen LogP contribution in [0.1, 0.15) is 10.4 Å². The third-order valence-corrected chi connectivity index (χ3v) is 3.35. The molecule has 0 unspecified atom stereocenters.